The Labute approximate surface area is 111 Å². The Morgan fingerprint density at radius 3 is 2.61 bits per heavy atom. The molecule has 0 spiro atoms. The number of amides is 1. The van der Waals surface area contributed by atoms with E-state index in [-0.39, 0.29) is 19.0 Å². The maximum atomic E-state index is 11.9. The average Bonchev–Trinajstić information content (AvgIpc) is 2.80. The van der Waals surface area contributed by atoms with E-state index < -0.39 is 5.97 Å². The minimum absolute atomic E-state index is 0.0655. The summed E-state index contributed by atoms with van der Waals surface area (Å²) < 4.78 is 0. The first-order valence-corrected chi connectivity index (χ1v) is 6.66. The van der Waals surface area contributed by atoms with Crippen LogP contribution in [0.1, 0.15) is 12.5 Å². The van der Waals surface area contributed by atoms with E-state index in [4.69, 9.17) is 5.11 Å². The largest absolute Gasteiger partial charge is 0.480 e. The van der Waals surface area contributed by atoms with E-state index in [0.29, 0.717) is 13.1 Å². The summed E-state index contributed by atoms with van der Waals surface area (Å²) in [5.74, 6) is -0.977. The maximum Gasteiger partial charge on any atom is 0.317 e. The molecule has 1 N–H and O–H groups in total. The number of carboxylic acid groups (broad SMARTS) is 1. The molecule has 0 fully saturated rings. The Morgan fingerprint density at radius 2 is 2.11 bits per heavy atom. The van der Waals surface area contributed by atoms with Gasteiger partial charge in [-0.15, -0.1) is 0 Å². The number of hydrogen-bond donors (Lipinski definition) is 1. The Kier molecular flexibility index (Phi) is 5.80. The second-order valence-corrected chi connectivity index (χ2v) is 4.86. The molecule has 1 aromatic heterocycles. The van der Waals surface area contributed by atoms with Crippen LogP contribution in [0.5, 0.6) is 0 Å². The zero-order chi connectivity index (χ0) is 13.5. The zero-order valence-electron chi connectivity index (χ0n) is 10.6. The molecule has 1 aromatic rings. The molecule has 5 nitrogen and oxygen atoms in total. The fraction of sp³-hybridized carbons (Fsp3) is 0.500. The van der Waals surface area contributed by atoms with Crippen LogP contribution in [0.3, 0.4) is 0 Å². The van der Waals surface area contributed by atoms with Gasteiger partial charge in [-0.1, -0.05) is 6.92 Å². The van der Waals surface area contributed by atoms with Gasteiger partial charge in [-0.3, -0.25) is 14.5 Å². The topological polar surface area (TPSA) is 60.9 Å². The third-order valence-electron chi connectivity index (χ3n) is 2.59. The first-order valence-electron chi connectivity index (χ1n) is 5.72. The Balaban J connectivity index is 2.45. The number of carboxylic acids is 1. The van der Waals surface area contributed by atoms with Crippen LogP contribution in [0.2, 0.25) is 0 Å². The normalized spacial score (nSPS) is 10.6. The van der Waals surface area contributed by atoms with Crippen LogP contribution in [-0.2, 0) is 16.1 Å². The van der Waals surface area contributed by atoms with Gasteiger partial charge in [0, 0.05) is 13.6 Å². The summed E-state index contributed by atoms with van der Waals surface area (Å²) in [5.41, 5.74) is 1.09. The van der Waals surface area contributed by atoms with Crippen LogP contribution in [0.25, 0.3) is 0 Å². The van der Waals surface area contributed by atoms with E-state index >= 15 is 0 Å². The number of nitrogens with zero attached hydrogens (tertiary/aromatic N) is 2. The van der Waals surface area contributed by atoms with Gasteiger partial charge in [-0.25, -0.2) is 0 Å². The van der Waals surface area contributed by atoms with Crippen molar-refractivity contribution in [2.24, 2.45) is 0 Å². The predicted molar refractivity (Wildman–Crippen MR) is 70.5 cm³/mol. The number of rotatable bonds is 7. The van der Waals surface area contributed by atoms with E-state index in [1.54, 1.807) is 28.2 Å². The molecule has 0 unspecified atom stereocenters. The van der Waals surface area contributed by atoms with Crippen molar-refractivity contribution in [3.05, 3.63) is 22.4 Å². The van der Waals surface area contributed by atoms with Gasteiger partial charge in [0.25, 0.3) is 0 Å². The molecule has 0 bridgehead atoms. The quantitative estimate of drug-likeness (QED) is 0.806. The molecule has 0 aliphatic rings. The molecule has 1 heterocycles. The first-order chi connectivity index (χ1) is 8.52. The zero-order valence-corrected chi connectivity index (χ0v) is 11.4. The van der Waals surface area contributed by atoms with Crippen molar-refractivity contribution < 1.29 is 14.7 Å². The fourth-order valence-corrected chi connectivity index (χ4v) is 2.19. The Morgan fingerprint density at radius 1 is 1.39 bits per heavy atom. The van der Waals surface area contributed by atoms with Crippen molar-refractivity contribution in [1.82, 2.24) is 9.80 Å². The second kappa shape index (κ2) is 7.13. The van der Waals surface area contributed by atoms with Gasteiger partial charge in [0.1, 0.15) is 0 Å². The maximum absolute atomic E-state index is 11.9. The van der Waals surface area contributed by atoms with Crippen molar-refractivity contribution in [1.29, 1.82) is 0 Å². The molecular weight excluding hydrogens is 252 g/mol. The van der Waals surface area contributed by atoms with E-state index in [0.717, 1.165) is 5.56 Å². The summed E-state index contributed by atoms with van der Waals surface area (Å²) in [7, 11) is 1.73. The molecule has 0 saturated carbocycles. The highest BCUT2D eigenvalue weighted by atomic mass is 32.1. The van der Waals surface area contributed by atoms with Crippen molar-refractivity contribution in [3.63, 3.8) is 0 Å². The average molecular weight is 270 g/mol. The van der Waals surface area contributed by atoms with Crippen LogP contribution >= 0.6 is 11.3 Å². The summed E-state index contributed by atoms with van der Waals surface area (Å²) in [4.78, 5) is 25.7. The summed E-state index contributed by atoms with van der Waals surface area (Å²) in [6.07, 6.45) is 0. The Hall–Kier alpha value is -1.40. The molecule has 0 aliphatic heterocycles. The lowest BCUT2D eigenvalue weighted by Crippen LogP contribution is -2.40. The number of likely N-dealkylation sites (N-methyl/N-ethyl adjacent to an activating group) is 2. The van der Waals surface area contributed by atoms with Crippen LogP contribution in [0.15, 0.2) is 16.8 Å². The van der Waals surface area contributed by atoms with Gasteiger partial charge in [0.05, 0.1) is 13.1 Å². The highest BCUT2D eigenvalue weighted by Gasteiger charge is 2.15. The molecule has 0 aromatic carbocycles. The van der Waals surface area contributed by atoms with Crippen LogP contribution in [0.4, 0.5) is 0 Å². The highest BCUT2D eigenvalue weighted by molar-refractivity contribution is 7.07. The smallest absolute Gasteiger partial charge is 0.317 e. The molecule has 0 atom stereocenters. The van der Waals surface area contributed by atoms with Gasteiger partial charge >= 0.3 is 5.97 Å². The lowest BCUT2D eigenvalue weighted by molar-refractivity contribution is -0.139. The van der Waals surface area contributed by atoms with Crippen LogP contribution < -0.4 is 0 Å². The fourth-order valence-electron chi connectivity index (χ4n) is 1.53. The molecule has 100 valence electrons. The van der Waals surface area contributed by atoms with Crippen LogP contribution in [0, 0.1) is 0 Å². The van der Waals surface area contributed by atoms with E-state index in [1.807, 2.05) is 23.8 Å². The van der Waals surface area contributed by atoms with Crippen LogP contribution in [-0.4, -0.2) is 53.5 Å². The standard InChI is InChI=1S/C12H18N2O3S/c1-3-14(8-12(16)17)7-11(15)13(2)6-10-4-5-18-9-10/h4-5,9H,3,6-8H2,1-2H3,(H,16,17). The molecule has 0 aliphatic carbocycles. The van der Waals surface area contributed by atoms with Crippen molar-refractivity contribution in [2.45, 2.75) is 13.5 Å². The summed E-state index contributed by atoms with van der Waals surface area (Å²) in [6, 6.07) is 1.98. The van der Waals surface area contributed by atoms with Crippen molar-refractivity contribution in [2.75, 3.05) is 26.7 Å². The van der Waals surface area contributed by atoms with Crippen molar-refractivity contribution in [3.8, 4) is 0 Å². The van der Waals surface area contributed by atoms with Gasteiger partial charge in [0.15, 0.2) is 0 Å². The molecule has 1 rings (SSSR count). The molecule has 0 radical (unpaired) electrons. The van der Waals surface area contributed by atoms with Gasteiger partial charge in [-0.05, 0) is 28.9 Å². The second-order valence-electron chi connectivity index (χ2n) is 4.08. The number of hydrogen-bond acceptors (Lipinski definition) is 4. The van der Waals surface area contributed by atoms with Crippen molar-refractivity contribution >= 4 is 23.2 Å². The SMILES string of the molecule is CCN(CC(=O)O)CC(=O)N(C)Cc1ccsc1. The van der Waals surface area contributed by atoms with E-state index in [1.165, 1.54) is 0 Å². The van der Waals surface area contributed by atoms with Gasteiger partial charge < -0.3 is 10.0 Å². The van der Waals surface area contributed by atoms with Gasteiger partial charge in [0.2, 0.25) is 5.91 Å². The molecule has 0 saturated heterocycles. The number of carbonyl (C=O) groups is 2. The molecule has 6 heteroatoms. The van der Waals surface area contributed by atoms with E-state index in [2.05, 4.69) is 0 Å². The summed E-state index contributed by atoms with van der Waals surface area (Å²) >= 11 is 1.59. The lowest BCUT2D eigenvalue weighted by Gasteiger charge is -2.22. The molecular formula is C12H18N2O3S. The van der Waals surface area contributed by atoms with E-state index in [9.17, 15) is 9.59 Å². The number of carbonyl (C=O) groups excluding carboxylic acids is 1. The summed E-state index contributed by atoms with van der Waals surface area (Å²) in [6.45, 7) is 2.99. The minimum Gasteiger partial charge on any atom is -0.480 e. The number of aliphatic carboxylic acids is 1. The first kappa shape index (κ1) is 14.7. The Bertz CT molecular complexity index is 392. The third kappa shape index (κ3) is 4.85. The monoisotopic (exact) mass is 270 g/mol. The third-order valence-corrected chi connectivity index (χ3v) is 3.32. The summed E-state index contributed by atoms with van der Waals surface area (Å²) in [5, 5.41) is 12.7. The number of thiophene rings is 1. The molecule has 1 amide bonds. The minimum atomic E-state index is -0.912. The lowest BCUT2D eigenvalue weighted by atomic mass is 10.3. The highest BCUT2D eigenvalue weighted by Crippen LogP contribution is 2.08. The van der Waals surface area contributed by atoms with Gasteiger partial charge in [-0.2, -0.15) is 11.3 Å². The predicted octanol–water partition coefficient (Wildman–Crippen LogP) is 1.11. The molecule has 18 heavy (non-hydrogen) atoms.